The first-order valence-electron chi connectivity index (χ1n) is 8.14. The summed E-state index contributed by atoms with van der Waals surface area (Å²) in [4.78, 5) is 35.2. The van der Waals surface area contributed by atoms with Gasteiger partial charge in [0.25, 0.3) is 11.8 Å². The number of amides is 2. The van der Waals surface area contributed by atoms with Crippen LogP contribution in [0.15, 0.2) is 35.7 Å². The van der Waals surface area contributed by atoms with Crippen molar-refractivity contribution in [3.63, 3.8) is 0 Å². The fraction of sp³-hybridized carbons (Fsp3) is 0.278. The molecule has 9 heteroatoms. The zero-order valence-electron chi connectivity index (χ0n) is 14.9. The number of anilines is 1. The van der Waals surface area contributed by atoms with E-state index in [4.69, 9.17) is 19.9 Å². The first-order chi connectivity index (χ1) is 12.9. The Morgan fingerprint density at radius 2 is 1.74 bits per heavy atom. The van der Waals surface area contributed by atoms with E-state index in [2.05, 4.69) is 5.32 Å². The first kappa shape index (κ1) is 20.2. The van der Waals surface area contributed by atoms with Crippen molar-refractivity contribution in [2.45, 2.75) is 20.0 Å². The van der Waals surface area contributed by atoms with Crippen LogP contribution in [-0.2, 0) is 14.3 Å². The predicted molar refractivity (Wildman–Crippen MR) is 100 cm³/mol. The standard InChI is InChI=1S/C18H20N2O6S/c1-3-24-12-4-6-13(7-5-12)25-10-15(21)26-11(2)17(23)20-18-14(16(19)22)8-9-27-18/h4-9,11H,3,10H2,1-2H3,(H2,19,22)(H,20,23). The van der Waals surface area contributed by atoms with Crippen LogP contribution in [-0.4, -0.2) is 37.1 Å². The maximum atomic E-state index is 12.1. The number of nitrogens with one attached hydrogen (secondary N) is 1. The van der Waals surface area contributed by atoms with Crippen molar-refractivity contribution in [1.82, 2.24) is 0 Å². The molecule has 3 N–H and O–H groups in total. The van der Waals surface area contributed by atoms with Gasteiger partial charge in [0.05, 0.1) is 12.2 Å². The molecule has 0 aliphatic heterocycles. The van der Waals surface area contributed by atoms with Gasteiger partial charge in [-0.1, -0.05) is 0 Å². The molecule has 0 spiro atoms. The van der Waals surface area contributed by atoms with Gasteiger partial charge in [-0.15, -0.1) is 11.3 Å². The van der Waals surface area contributed by atoms with Crippen LogP contribution in [0.5, 0.6) is 11.5 Å². The van der Waals surface area contributed by atoms with Gasteiger partial charge in [0.2, 0.25) is 0 Å². The summed E-state index contributed by atoms with van der Waals surface area (Å²) in [6, 6.07) is 8.27. The molecule has 1 aromatic carbocycles. The molecular formula is C18H20N2O6S. The number of carbonyl (C=O) groups excluding carboxylic acids is 3. The Morgan fingerprint density at radius 3 is 2.33 bits per heavy atom. The van der Waals surface area contributed by atoms with Crippen LogP contribution in [0.3, 0.4) is 0 Å². The van der Waals surface area contributed by atoms with Crippen LogP contribution >= 0.6 is 11.3 Å². The molecular weight excluding hydrogens is 372 g/mol. The van der Waals surface area contributed by atoms with Crippen molar-refractivity contribution in [2.75, 3.05) is 18.5 Å². The van der Waals surface area contributed by atoms with Crippen LogP contribution in [0, 0.1) is 0 Å². The largest absolute Gasteiger partial charge is 0.494 e. The maximum Gasteiger partial charge on any atom is 0.344 e. The first-order valence-corrected chi connectivity index (χ1v) is 9.02. The second-order valence-corrected chi connectivity index (χ2v) is 6.26. The summed E-state index contributed by atoms with van der Waals surface area (Å²) < 4.78 is 15.7. The highest BCUT2D eigenvalue weighted by molar-refractivity contribution is 7.14. The van der Waals surface area contributed by atoms with Crippen molar-refractivity contribution in [3.05, 3.63) is 41.3 Å². The Hall–Kier alpha value is -3.07. The second kappa shape index (κ2) is 9.58. The summed E-state index contributed by atoms with van der Waals surface area (Å²) >= 11 is 1.15. The average Bonchev–Trinajstić information content (AvgIpc) is 3.09. The maximum absolute atomic E-state index is 12.1. The molecule has 0 saturated carbocycles. The lowest BCUT2D eigenvalue weighted by Crippen LogP contribution is -2.32. The summed E-state index contributed by atoms with van der Waals surface area (Å²) in [6.45, 7) is 3.50. The van der Waals surface area contributed by atoms with E-state index in [0.717, 1.165) is 11.3 Å². The summed E-state index contributed by atoms with van der Waals surface area (Å²) in [5.41, 5.74) is 5.42. The zero-order chi connectivity index (χ0) is 19.8. The summed E-state index contributed by atoms with van der Waals surface area (Å²) in [7, 11) is 0. The average molecular weight is 392 g/mol. The van der Waals surface area contributed by atoms with E-state index in [9.17, 15) is 14.4 Å². The highest BCUT2D eigenvalue weighted by Gasteiger charge is 2.20. The van der Waals surface area contributed by atoms with E-state index in [0.29, 0.717) is 23.1 Å². The molecule has 0 saturated heterocycles. The van der Waals surface area contributed by atoms with E-state index >= 15 is 0 Å². The number of hydrogen-bond acceptors (Lipinski definition) is 7. The zero-order valence-corrected chi connectivity index (χ0v) is 15.7. The molecule has 0 radical (unpaired) electrons. The van der Waals surface area contributed by atoms with Crippen molar-refractivity contribution < 1.29 is 28.6 Å². The molecule has 1 aromatic heterocycles. The van der Waals surface area contributed by atoms with Gasteiger partial charge in [-0.05, 0) is 49.6 Å². The fourth-order valence-corrected chi connectivity index (χ4v) is 2.83. The Labute approximate surface area is 160 Å². The number of esters is 1. The lowest BCUT2D eigenvalue weighted by atomic mass is 10.3. The van der Waals surface area contributed by atoms with Crippen LogP contribution in [0.2, 0.25) is 0 Å². The summed E-state index contributed by atoms with van der Waals surface area (Å²) in [5.74, 6) is -0.763. The van der Waals surface area contributed by atoms with Crippen LogP contribution in [0.25, 0.3) is 0 Å². The summed E-state index contributed by atoms with van der Waals surface area (Å²) in [6.07, 6.45) is -1.07. The number of primary amides is 1. The van der Waals surface area contributed by atoms with Crippen LogP contribution in [0.4, 0.5) is 5.00 Å². The van der Waals surface area contributed by atoms with Crippen LogP contribution in [0.1, 0.15) is 24.2 Å². The van der Waals surface area contributed by atoms with Gasteiger partial charge in [0.1, 0.15) is 16.5 Å². The topological polar surface area (TPSA) is 117 Å². The van der Waals surface area contributed by atoms with Crippen molar-refractivity contribution >= 4 is 34.1 Å². The molecule has 0 aliphatic carbocycles. The number of nitrogens with two attached hydrogens (primary N) is 1. The van der Waals surface area contributed by atoms with Crippen molar-refractivity contribution in [3.8, 4) is 11.5 Å². The lowest BCUT2D eigenvalue weighted by Gasteiger charge is -2.14. The van der Waals surface area contributed by atoms with Gasteiger partial charge < -0.3 is 25.3 Å². The lowest BCUT2D eigenvalue weighted by molar-refractivity contribution is -0.155. The third-order valence-corrected chi connectivity index (χ3v) is 4.17. The molecule has 0 bridgehead atoms. The second-order valence-electron chi connectivity index (χ2n) is 5.34. The SMILES string of the molecule is CCOc1ccc(OCC(=O)OC(C)C(=O)Nc2sccc2C(N)=O)cc1. The van der Waals surface area contributed by atoms with Crippen LogP contribution < -0.4 is 20.5 Å². The minimum atomic E-state index is -1.07. The number of hydrogen-bond donors (Lipinski definition) is 2. The molecule has 1 atom stereocenters. The van der Waals surface area contributed by atoms with Crippen molar-refractivity contribution in [1.29, 1.82) is 0 Å². The quantitative estimate of drug-likeness (QED) is 0.632. The number of ether oxygens (including phenoxy) is 3. The van der Waals surface area contributed by atoms with E-state index < -0.39 is 23.9 Å². The van der Waals surface area contributed by atoms with Gasteiger partial charge in [0, 0.05) is 0 Å². The Morgan fingerprint density at radius 1 is 1.11 bits per heavy atom. The Kier molecular flexibility index (Phi) is 7.18. The Bertz CT molecular complexity index is 802. The molecule has 2 rings (SSSR count). The van der Waals surface area contributed by atoms with E-state index in [1.165, 1.54) is 13.0 Å². The molecule has 2 aromatic rings. The van der Waals surface area contributed by atoms with Gasteiger partial charge in [0.15, 0.2) is 12.7 Å². The molecule has 27 heavy (non-hydrogen) atoms. The third-order valence-electron chi connectivity index (χ3n) is 3.34. The minimum absolute atomic E-state index is 0.200. The van der Waals surface area contributed by atoms with Gasteiger partial charge >= 0.3 is 5.97 Å². The number of rotatable bonds is 9. The van der Waals surface area contributed by atoms with E-state index in [1.807, 2.05) is 6.92 Å². The molecule has 2 amide bonds. The predicted octanol–water partition coefficient (Wildman–Crippen LogP) is 2.19. The number of benzene rings is 1. The minimum Gasteiger partial charge on any atom is -0.494 e. The van der Waals surface area contributed by atoms with E-state index in [-0.39, 0.29) is 12.2 Å². The molecule has 8 nitrogen and oxygen atoms in total. The smallest absolute Gasteiger partial charge is 0.344 e. The van der Waals surface area contributed by atoms with Gasteiger partial charge in [-0.25, -0.2) is 4.79 Å². The normalized spacial score (nSPS) is 11.3. The highest BCUT2D eigenvalue weighted by atomic mass is 32.1. The van der Waals surface area contributed by atoms with Gasteiger partial charge in [-0.3, -0.25) is 9.59 Å². The Balaban J connectivity index is 1.81. The number of carbonyl (C=O) groups is 3. The molecule has 0 fully saturated rings. The third kappa shape index (κ3) is 6.00. The highest BCUT2D eigenvalue weighted by Crippen LogP contribution is 2.23. The van der Waals surface area contributed by atoms with E-state index in [1.54, 1.807) is 29.6 Å². The van der Waals surface area contributed by atoms with Crippen molar-refractivity contribution in [2.24, 2.45) is 5.73 Å². The molecule has 1 unspecified atom stereocenters. The van der Waals surface area contributed by atoms with Gasteiger partial charge in [-0.2, -0.15) is 0 Å². The molecule has 1 heterocycles. The number of thiophene rings is 1. The molecule has 0 aliphatic rings. The monoisotopic (exact) mass is 392 g/mol. The summed E-state index contributed by atoms with van der Waals surface area (Å²) in [5, 5.41) is 4.44. The fourth-order valence-electron chi connectivity index (χ4n) is 2.04. The molecule has 144 valence electrons.